The summed E-state index contributed by atoms with van der Waals surface area (Å²) in [5.74, 6) is 0.771. The molecule has 4 aliphatic rings. The van der Waals surface area contributed by atoms with Crippen LogP contribution in [0.2, 0.25) is 0 Å². The van der Waals surface area contributed by atoms with E-state index in [0.717, 1.165) is 31.8 Å². The highest BCUT2D eigenvalue weighted by atomic mass is 16.2. The second-order valence-corrected chi connectivity index (χ2v) is 9.32. The third-order valence-electron chi connectivity index (χ3n) is 7.25. The van der Waals surface area contributed by atoms with Crippen molar-refractivity contribution >= 4 is 17.8 Å². The summed E-state index contributed by atoms with van der Waals surface area (Å²) in [5.41, 5.74) is -0.176. The lowest BCUT2D eigenvalue weighted by atomic mass is 9.86. The highest BCUT2D eigenvalue weighted by molar-refractivity contribution is 6.07. The van der Waals surface area contributed by atoms with E-state index < -0.39 is 5.54 Å². The van der Waals surface area contributed by atoms with Crippen LogP contribution in [-0.4, -0.2) is 76.8 Å². The van der Waals surface area contributed by atoms with Gasteiger partial charge in [0.05, 0.1) is 0 Å². The van der Waals surface area contributed by atoms with E-state index in [1.165, 1.54) is 24.3 Å². The number of hydrogen-bond acceptors (Lipinski definition) is 4. The van der Waals surface area contributed by atoms with Gasteiger partial charge in [0, 0.05) is 44.3 Å². The fourth-order valence-electron chi connectivity index (χ4n) is 5.19. The van der Waals surface area contributed by atoms with Gasteiger partial charge in [0.25, 0.3) is 11.8 Å². The molecule has 1 N–H and O–H groups in total. The van der Waals surface area contributed by atoms with Gasteiger partial charge in [-0.3, -0.25) is 14.5 Å². The number of nitrogens with one attached hydrogen (secondary N) is 1. The summed E-state index contributed by atoms with van der Waals surface area (Å²) in [6.45, 7) is 4.05. The molecule has 4 amide bonds. The van der Waals surface area contributed by atoms with E-state index in [9.17, 15) is 14.4 Å². The highest BCUT2D eigenvalue weighted by Crippen LogP contribution is 2.34. The maximum absolute atomic E-state index is 13.3. The molecule has 1 spiro atoms. The second-order valence-electron chi connectivity index (χ2n) is 9.32. The van der Waals surface area contributed by atoms with Gasteiger partial charge in [0.1, 0.15) is 5.54 Å². The van der Waals surface area contributed by atoms with Crippen molar-refractivity contribution in [1.82, 2.24) is 20.0 Å². The first-order valence-corrected chi connectivity index (χ1v) is 11.3. The molecule has 1 aliphatic carbocycles. The van der Waals surface area contributed by atoms with Crippen LogP contribution in [-0.2, 0) is 4.79 Å². The van der Waals surface area contributed by atoms with Crippen LogP contribution >= 0.6 is 0 Å². The Morgan fingerprint density at radius 3 is 2.27 bits per heavy atom. The molecule has 1 aromatic rings. The molecule has 7 nitrogen and oxygen atoms in total. The number of nitrogens with zero attached hydrogens (tertiary/aromatic N) is 3. The first kappa shape index (κ1) is 19.5. The minimum absolute atomic E-state index is 0.00342. The number of benzene rings is 1. The van der Waals surface area contributed by atoms with Crippen LogP contribution in [0.15, 0.2) is 30.3 Å². The van der Waals surface area contributed by atoms with Crippen LogP contribution in [0, 0.1) is 5.92 Å². The van der Waals surface area contributed by atoms with Crippen molar-refractivity contribution in [1.29, 1.82) is 0 Å². The SMILES string of the molecule is O=C(c1ccccc1)N1CCC2(CC1)NC(=O)N(C1CCN(CC3CC3)CC1)C2=O. The predicted molar refractivity (Wildman–Crippen MR) is 112 cm³/mol. The van der Waals surface area contributed by atoms with E-state index in [1.54, 1.807) is 4.90 Å². The zero-order valence-electron chi connectivity index (χ0n) is 17.4. The average Bonchev–Trinajstić information content (AvgIpc) is 3.56. The molecule has 0 aromatic heterocycles. The first-order chi connectivity index (χ1) is 14.6. The number of hydrogen-bond donors (Lipinski definition) is 1. The summed E-state index contributed by atoms with van der Waals surface area (Å²) < 4.78 is 0. The smallest absolute Gasteiger partial charge is 0.325 e. The van der Waals surface area contributed by atoms with Crippen LogP contribution in [0.4, 0.5) is 4.79 Å². The van der Waals surface area contributed by atoms with Gasteiger partial charge in [-0.25, -0.2) is 4.79 Å². The molecule has 0 radical (unpaired) electrons. The standard InChI is InChI=1S/C23H30N4O3/c28-20(18-4-2-1-3-5-18)26-14-10-23(11-15-26)21(29)27(22(30)24-23)19-8-12-25(13-9-19)16-17-6-7-17/h1-5,17,19H,6-16H2,(H,24,30). The van der Waals surface area contributed by atoms with E-state index in [4.69, 9.17) is 0 Å². The molecule has 3 saturated heterocycles. The molecule has 3 heterocycles. The first-order valence-electron chi connectivity index (χ1n) is 11.3. The van der Waals surface area contributed by atoms with Gasteiger partial charge >= 0.3 is 6.03 Å². The van der Waals surface area contributed by atoms with E-state index in [0.29, 0.717) is 31.5 Å². The van der Waals surface area contributed by atoms with Crippen molar-refractivity contribution in [2.45, 2.75) is 50.1 Å². The molecule has 1 saturated carbocycles. The summed E-state index contributed by atoms with van der Waals surface area (Å²) >= 11 is 0. The Kier molecular flexibility index (Phi) is 5.01. The van der Waals surface area contributed by atoms with Crippen LogP contribution < -0.4 is 5.32 Å². The van der Waals surface area contributed by atoms with Crippen molar-refractivity contribution in [2.75, 3.05) is 32.7 Å². The molecule has 0 unspecified atom stereocenters. The van der Waals surface area contributed by atoms with Crippen molar-refractivity contribution in [3.63, 3.8) is 0 Å². The molecular weight excluding hydrogens is 380 g/mol. The number of imide groups is 1. The van der Waals surface area contributed by atoms with E-state index in [2.05, 4.69) is 10.2 Å². The lowest BCUT2D eigenvalue weighted by Crippen LogP contribution is -2.56. The number of rotatable bonds is 4. The maximum Gasteiger partial charge on any atom is 0.325 e. The normalized spacial score (nSPS) is 25.1. The zero-order chi connectivity index (χ0) is 20.7. The molecule has 160 valence electrons. The average molecular weight is 411 g/mol. The lowest BCUT2D eigenvalue weighted by Gasteiger charge is -2.38. The van der Waals surface area contributed by atoms with Crippen LogP contribution in [0.3, 0.4) is 0 Å². The summed E-state index contributed by atoms with van der Waals surface area (Å²) in [7, 11) is 0. The number of piperidine rings is 2. The Labute approximate surface area is 177 Å². The van der Waals surface area contributed by atoms with E-state index in [1.807, 2.05) is 30.3 Å². The number of carbonyl (C=O) groups excluding carboxylic acids is 3. The lowest BCUT2D eigenvalue weighted by molar-refractivity contribution is -0.135. The van der Waals surface area contributed by atoms with Gasteiger partial charge in [-0.2, -0.15) is 0 Å². The van der Waals surface area contributed by atoms with Crippen LogP contribution in [0.25, 0.3) is 0 Å². The number of carbonyl (C=O) groups is 3. The van der Waals surface area contributed by atoms with Gasteiger partial charge in [0.2, 0.25) is 0 Å². The number of amides is 4. The van der Waals surface area contributed by atoms with Crippen molar-refractivity contribution in [2.24, 2.45) is 5.92 Å². The summed E-state index contributed by atoms with van der Waals surface area (Å²) in [4.78, 5) is 44.6. The second kappa shape index (κ2) is 7.69. The third kappa shape index (κ3) is 3.60. The van der Waals surface area contributed by atoms with Gasteiger partial charge in [0.15, 0.2) is 0 Å². The Balaban J connectivity index is 1.20. The predicted octanol–water partition coefficient (Wildman–Crippen LogP) is 2.09. The van der Waals surface area contributed by atoms with Crippen molar-refractivity contribution in [3.8, 4) is 0 Å². The fourth-order valence-corrected chi connectivity index (χ4v) is 5.19. The quantitative estimate of drug-likeness (QED) is 0.772. The van der Waals surface area contributed by atoms with Gasteiger partial charge in [-0.1, -0.05) is 18.2 Å². The van der Waals surface area contributed by atoms with E-state index in [-0.39, 0.29) is 23.9 Å². The molecule has 4 fully saturated rings. The number of likely N-dealkylation sites (tertiary alicyclic amines) is 2. The Morgan fingerprint density at radius 1 is 0.967 bits per heavy atom. The Bertz CT molecular complexity index is 822. The zero-order valence-corrected chi connectivity index (χ0v) is 17.4. The third-order valence-corrected chi connectivity index (χ3v) is 7.25. The van der Waals surface area contributed by atoms with Crippen molar-refractivity contribution in [3.05, 3.63) is 35.9 Å². The fraction of sp³-hybridized carbons (Fsp3) is 0.609. The van der Waals surface area contributed by atoms with Crippen LogP contribution in [0.1, 0.15) is 48.9 Å². The highest BCUT2D eigenvalue weighted by Gasteiger charge is 2.54. The summed E-state index contributed by atoms with van der Waals surface area (Å²) in [6.07, 6.45) is 5.38. The molecule has 0 atom stereocenters. The number of urea groups is 1. The minimum Gasteiger partial charge on any atom is -0.338 e. The molecule has 1 aromatic carbocycles. The monoisotopic (exact) mass is 410 g/mol. The Hall–Kier alpha value is -2.41. The molecule has 7 heteroatoms. The van der Waals surface area contributed by atoms with Gasteiger partial charge in [-0.05, 0) is 56.6 Å². The molecule has 3 aliphatic heterocycles. The van der Waals surface area contributed by atoms with Crippen LogP contribution in [0.5, 0.6) is 0 Å². The molecule has 5 rings (SSSR count). The maximum atomic E-state index is 13.3. The minimum atomic E-state index is -0.838. The molecule has 0 bridgehead atoms. The van der Waals surface area contributed by atoms with Gasteiger partial charge in [-0.15, -0.1) is 0 Å². The largest absolute Gasteiger partial charge is 0.338 e. The van der Waals surface area contributed by atoms with E-state index >= 15 is 0 Å². The van der Waals surface area contributed by atoms with Crippen molar-refractivity contribution < 1.29 is 14.4 Å². The van der Waals surface area contributed by atoms with Gasteiger partial charge < -0.3 is 15.1 Å². The summed E-state index contributed by atoms with van der Waals surface area (Å²) in [6, 6.07) is 8.97. The molecular formula is C23H30N4O3. The topological polar surface area (TPSA) is 73.0 Å². The molecule has 30 heavy (non-hydrogen) atoms. The summed E-state index contributed by atoms with van der Waals surface area (Å²) in [5, 5.41) is 3.00. The Morgan fingerprint density at radius 2 is 1.63 bits per heavy atom.